The molecule has 1 fully saturated rings. The van der Waals surface area contributed by atoms with E-state index in [1.165, 1.54) is 16.5 Å². The molecule has 0 saturated carbocycles. The molecule has 0 spiro atoms. The van der Waals surface area contributed by atoms with Crippen LogP contribution in [0.5, 0.6) is 0 Å². The highest BCUT2D eigenvalue weighted by atomic mass is 16.6. The fourth-order valence-corrected chi connectivity index (χ4v) is 3.16. The molecule has 144 valence electrons. The number of anilines is 1. The first-order chi connectivity index (χ1) is 13.0. The predicted molar refractivity (Wildman–Crippen MR) is 99.7 cm³/mol. The summed E-state index contributed by atoms with van der Waals surface area (Å²) in [6.07, 6.45) is 1.21. The molecule has 0 radical (unpaired) electrons. The van der Waals surface area contributed by atoms with Crippen molar-refractivity contribution in [1.29, 1.82) is 0 Å². The van der Waals surface area contributed by atoms with Gasteiger partial charge in [0.15, 0.2) is 5.82 Å². The number of esters is 1. The maximum Gasteiger partial charge on any atom is 0.342 e. The van der Waals surface area contributed by atoms with Gasteiger partial charge in [-0.1, -0.05) is 18.2 Å². The number of nitro groups is 1. The van der Waals surface area contributed by atoms with Crippen molar-refractivity contribution in [3.05, 3.63) is 52.5 Å². The van der Waals surface area contributed by atoms with Gasteiger partial charge in [0.1, 0.15) is 19.3 Å². The molecule has 27 heavy (non-hydrogen) atoms. The van der Waals surface area contributed by atoms with Crippen LogP contribution in [0, 0.1) is 17.0 Å². The molecule has 0 bridgehead atoms. The monoisotopic (exact) mass is 373 g/mol. The molecule has 2 heterocycles. The topological polar surface area (TPSA) is 93.7 Å². The van der Waals surface area contributed by atoms with Crippen molar-refractivity contribution < 1.29 is 14.5 Å². The van der Waals surface area contributed by atoms with Gasteiger partial charge in [0.05, 0.1) is 6.54 Å². The molecule has 1 aromatic heterocycles. The lowest BCUT2D eigenvalue weighted by atomic mass is 10.2. The standard InChI is InChI=1S/C18H23N5O4/c1-15-19-13-17(23(25)26)22(15)11-12-27-18(24)14-20-7-9-21(10-8-20)16-5-3-2-4-6-16/h2-6,13H,7-12,14H2,1H3. The van der Waals surface area contributed by atoms with E-state index in [0.717, 1.165) is 26.2 Å². The van der Waals surface area contributed by atoms with Crippen LogP contribution in [0.15, 0.2) is 36.5 Å². The summed E-state index contributed by atoms with van der Waals surface area (Å²) >= 11 is 0. The lowest BCUT2D eigenvalue weighted by molar-refractivity contribution is -0.392. The fourth-order valence-electron chi connectivity index (χ4n) is 3.16. The van der Waals surface area contributed by atoms with Gasteiger partial charge in [-0.05, 0) is 17.1 Å². The highest BCUT2D eigenvalue weighted by Crippen LogP contribution is 2.16. The number of benzene rings is 1. The van der Waals surface area contributed by atoms with Crippen LogP contribution in [-0.4, -0.2) is 64.7 Å². The Morgan fingerprint density at radius 3 is 2.59 bits per heavy atom. The molecular formula is C18H23N5O4. The number of ether oxygens (including phenoxy) is 1. The van der Waals surface area contributed by atoms with Crippen LogP contribution < -0.4 is 4.90 Å². The molecule has 1 aromatic carbocycles. The van der Waals surface area contributed by atoms with E-state index in [2.05, 4.69) is 26.9 Å². The number of para-hydroxylation sites is 1. The zero-order valence-electron chi connectivity index (χ0n) is 15.3. The van der Waals surface area contributed by atoms with Gasteiger partial charge in [-0.25, -0.2) is 9.55 Å². The molecule has 1 aliphatic heterocycles. The molecule has 1 aliphatic rings. The second-order valence-corrected chi connectivity index (χ2v) is 6.39. The normalized spacial score (nSPS) is 14.9. The van der Waals surface area contributed by atoms with E-state index in [4.69, 9.17) is 4.74 Å². The van der Waals surface area contributed by atoms with Crippen molar-refractivity contribution in [3.63, 3.8) is 0 Å². The summed E-state index contributed by atoms with van der Waals surface area (Å²) in [5.41, 5.74) is 1.19. The first kappa shape index (κ1) is 18.8. The molecule has 0 N–H and O–H groups in total. The largest absolute Gasteiger partial charge is 0.461 e. The minimum Gasteiger partial charge on any atom is -0.461 e. The maximum atomic E-state index is 12.1. The summed E-state index contributed by atoms with van der Waals surface area (Å²) in [6.45, 7) is 5.51. The third-order valence-corrected chi connectivity index (χ3v) is 4.65. The molecule has 2 aromatic rings. The predicted octanol–water partition coefficient (Wildman–Crippen LogP) is 1.47. The number of carbonyl (C=O) groups is 1. The molecule has 0 atom stereocenters. The van der Waals surface area contributed by atoms with Gasteiger partial charge in [0.25, 0.3) is 0 Å². The second kappa shape index (κ2) is 8.63. The quantitative estimate of drug-likeness (QED) is 0.412. The molecule has 9 heteroatoms. The first-order valence-corrected chi connectivity index (χ1v) is 8.89. The summed E-state index contributed by atoms with van der Waals surface area (Å²) in [7, 11) is 0. The van der Waals surface area contributed by atoms with Crippen molar-refractivity contribution >= 4 is 17.5 Å². The third kappa shape index (κ3) is 4.82. The number of aromatic nitrogens is 2. The smallest absolute Gasteiger partial charge is 0.342 e. The summed E-state index contributed by atoms with van der Waals surface area (Å²) < 4.78 is 6.69. The van der Waals surface area contributed by atoms with Crippen LogP contribution in [0.25, 0.3) is 0 Å². The Hall–Kier alpha value is -2.94. The van der Waals surface area contributed by atoms with Gasteiger partial charge < -0.3 is 19.8 Å². The molecule has 9 nitrogen and oxygen atoms in total. The number of hydrogen-bond acceptors (Lipinski definition) is 7. The second-order valence-electron chi connectivity index (χ2n) is 6.39. The van der Waals surface area contributed by atoms with E-state index in [0.29, 0.717) is 5.82 Å². The maximum absolute atomic E-state index is 12.1. The molecular weight excluding hydrogens is 350 g/mol. The van der Waals surface area contributed by atoms with Crippen molar-refractivity contribution in [2.24, 2.45) is 0 Å². The summed E-state index contributed by atoms with van der Waals surface area (Å²) in [6, 6.07) is 10.2. The lowest BCUT2D eigenvalue weighted by Gasteiger charge is -2.35. The highest BCUT2D eigenvalue weighted by Gasteiger charge is 2.21. The number of piperazine rings is 1. The van der Waals surface area contributed by atoms with Gasteiger partial charge in [0, 0.05) is 38.8 Å². The summed E-state index contributed by atoms with van der Waals surface area (Å²) in [5.74, 6) is 0.110. The van der Waals surface area contributed by atoms with Gasteiger partial charge in [-0.2, -0.15) is 0 Å². The Morgan fingerprint density at radius 1 is 1.22 bits per heavy atom. The van der Waals surface area contributed by atoms with E-state index in [-0.39, 0.29) is 31.5 Å². The van der Waals surface area contributed by atoms with Crippen LogP contribution in [0.1, 0.15) is 5.82 Å². The minimum absolute atomic E-state index is 0.0842. The first-order valence-electron chi connectivity index (χ1n) is 8.89. The van der Waals surface area contributed by atoms with Crippen LogP contribution in [0.3, 0.4) is 0 Å². The van der Waals surface area contributed by atoms with Gasteiger partial charge in [0.2, 0.25) is 0 Å². The van der Waals surface area contributed by atoms with Crippen LogP contribution in [0.2, 0.25) is 0 Å². The number of aryl methyl sites for hydroxylation is 1. The number of hydrogen-bond donors (Lipinski definition) is 0. The van der Waals surface area contributed by atoms with Crippen LogP contribution in [-0.2, 0) is 16.1 Å². The van der Waals surface area contributed by atoms with Crippen molar-refractivity contribution in [2.45, 2.75) is 13.5 Å². The van der Waals surface area contributed by atoms with Gasteiger partial charge in [-0.3, -0.25) is 9.69 Å². The van der Waals surface area contributed by atoms with Crippen molar-refractivity contribution in [1.82, 2.24) is 14.5 Å². The zero-order chi connectivity index (χ0) is 19.2. The summed E-state index contributed by atoms with van der Waals surface area (Å²) in [5, 5.41) is 11.0. The van der Waals surface area contributed by atoms with E-state index in [1.807, 2.05) is 18.2 Å². The number of nitrogens with zero attached hydrogens (tertiary/aromatic N) is 5. The molecule has 1 saturated heterocycles. The van der Waals surface area contributed by atoms with E-state index in [1.54, 1.807) is 6.92 Å². The molecule has 0 amide bonds. The highest BCUT2D eigenvalue weighted by molar-refractivity contribution is 5.71. The Bertz CT molecular complexity index is 784. The van der Waals surface area contributed by atoms with Gasteiger partial charge >= 0.3 is 11.8 Å². The number of rotatable bonds is 7. The molecule has 0 unspecified atom stereocenters. The van der Waals surface area contributed by atoms with E-state index >= 15 is 0 Å². The molecule has 3 rings (SSSR count). The van der Waals surface area contributed by atoms with E-state index in [9.17, 15) is 14.9 Å². The average molecular weight is 373 g/mol. The SMILES string of the molecule is Cc1ncc([N+](=O)[O-])n1CCOC(=O)CN1CCN(c2ccccc2)CC1. The Labute approximate surface area is 157 Å². The Kier molecular flexibility index (Phi) is 6.02. The average Bonchev–Trinajstić information content (AvgIpc) is 3.04. The fraction of sp³-hybridized carbons (Fsp3) is 0.444. The molecule has 0 aliphatic carbocycles. The zero-order valence-corrected chi connectivity index (χ0v) is 15.3. The third-order valence-electron chi connectivity index (χ3n) is 4.65. The minimum atomic E-state index is -0.492. The van der Waals surface area contributed by atoms with Crippen molar-refractivity contribution in [2.75, 3.05) is 44.2 Å². The summed E-state index contributed by atoms with van der Waals surface area (Å²) in [4.78, 5) is 30.8. The number of carbonyl (C=O) groups excluding carboxylic acids is 1. The van der Waals surface area contributed by atoms with Crippen LogP contribution >= 0.6 is 0 Å². The number of imidazole rings is 1. The van der Waals surface area contributed by atoms with E-state index < -0.39 is 4.92 Å². The lowest BCUT2D eigenvalue weighted by Crippen LogP contribution is -2.48. The van der Waals surface area contributed by atoms with Gasteiger partial charge in [-0.15, -0.1) is 0 Å². The van der Waals surface area contributed by atoms with Crippen LogP contribution in [0.4, 0.5) is 11.5 Å². The van der Waals surface area contributed by atoms with Crippen molar-refractivity contribution in [3.8, 4) is 0 Å². The Morgan fingerprint density at radius 2 is 1.93 bits per heavy atom. The Balaban J connectivity index is 1.41.